The predicted octanol–water partition coefficient (Wildman–Crippen LogP) is 4.36. The van der Waals surface area contributed by atoms with Crippen molar-refractivity contribution in [2.75, 3.05) is 16.4 Å². The van der Waals surface area contributed by atoms with Gasteiger partial charge in [-0.1, -0.05) is 36.8 Å². The van der Waals surface area contributed by atoms with E-state index in [1.54, 1.807) is 32.9 Å². The summed E-state index contributed by atoms with van der Waals surface area (Å²) in [6.45, 7) is 12.7. The minimum atomic E-state index is -1.42. The van der Waals surface area contributed by atoms with E-state index < -0.39 is 64.6 Å². The summed E-state index contributed by atoms with van der Waals surface area (Å²) >= 11 is 0. The highest BCUT2D eigenvalue weighted by Crippen LogP contribution is 2.69. The van der Waals surface area contributed by atoms with Crippen molar-refractivity contribution in [2.45, 2.75) is 48.5 Å². The summed E-state index contributed by atoms with van der Waals surface area (Å²) in [5.74, 6) is -6.79. The molecule has 8 nitrogen and oxygen atoms in total. The van der Waals surface area contributed by atoms with Crippen molar-refractivity contribution < 1.29 is 28.7 Å². The van der Waals surface area contributed by atoms with Gasteiger partial charge in [-0.3, -0.25) is 19.2 Å². The lowest BCUT2D eigenvalue weighted by Gasteiger charge is -2.55. The van der Waals surface area contributed by atoms with Gasteiger partial charge in [0.05, 0.1) is 41.7 Å². The van der Waals surface area contributed by atoms with Gasteiger partial charge in [-0.2, -0.15) is 0 Å². The quantitative estimate of drug-likeness (QED) is 0.411. The number of carbonyl (C=O) groups is 5. The Bertz CT molecular complexity index is 1520. The van der Waals surface area contributed by atoms with Gasteiger partial charge < -0.3 is 4.74 Å². The van der Waals surface area contributed by atoms with Crippen LogP contribution in [0, 0.1) is 62.7 Å². The van der Waals surface area contributed by atoms with Gasteiger partial charge in [-0.25, -0.2) is 14.6 Å². The number of rotatable bonds is 4. The molecule has 8 heteroatoms. The Labute approximate surface area is 239 Å². The van der Waals surface area contributed by atoms with E-state index in [1.165, 1.54) is 9.80 Å². The molecule has 3 aliphatic carbocycles. The highest BCUT2D eigenvalue weighted by atomic mass is 16.5. The van der Waals surface area contributed by atoms with Gasteiger partial charge >= 0.3 is 5.97 Å². The Morgan fingerprint density at radius 3 is 1.59 bits per heavy atom. The van der Waals surface area contributed by atoms with E-state index in [1.807, 2.05) is 52.0 Å². The normalized spacial score (nSPS) is 30.4. The largest absolute Gasteiger partial charge is 0.463 e. The SMILES string of the molecule is CCOC(=O)C1=C(C)C2[C@@H]3C(=O)N(c4cc(C)ccc4C)C(=O)[C@@H]3C1(C)[C@H]1C(=O)N(c3cc(C)ccc3C)C(=O)[C@@H]21. The molecule has 2 aromatic carbocycles. The van der Waals surface area contributed by atoms with Crippen molar-refractivity contribution in [3.63, 3.8) is 0 Å². The van der Waals surface area contributed by atoms with E-state index in [9.17, 15) is 24.0 Å². The molecule has 0 aromatic heterocycles. The van der Waals surface area contributed by atoms with Gasteiger partial charge in [-0.05, 0) is 75.9 Å². The van der Waals surface area contributed by atoms with Crippen LogP contribution in [0.15, 0.2) is 47.5 Å². The lowest BCUT2D eigenvalue weighted by atomic mass is 9.43. The monoisotopic (exact) mass is 554 g/mol. The van der Waals surface area contributed by atoms with Crippen molar-refractivity contribution in [3.05, 3.63) is 69.8 Å². The third-order valence-corrected chi connectivity index (χ3v) is 9.89. The number of carbonyl (C=O) groups excluding carboxylic acids is 5. The fourth-order valence-electron chi connectivity index (χ4n) is 8.20. The van der Waals surface area contributed by atoms with Gasteiger partial charge in [0.25, 0.3) is 0 Å². The van der Waals surface area contributed by atoms with Crippen LogP contribution in [-0.4, -0.2) is 36.2 Å². The number of amides is 4. The molecule has 4 atom stereocenters. The van der Waals surface area contributed by atoms with Crippen LogP contribution in [0.5, 0.6) is 0 Å². The van der Waals surface area contributed by atoms with Crippen molar-refractivity contribution in [1.29, 1.82) is 0 Å². The molecule has 5 aliphatic rings. The Hall–Kier alpha value is -4.07. The molecule has 0 radical (unpaired) electrons. The summed E-state index contributed by atoms with van der Waals surface area (Å²) in [4.78, 5) is 73.3. The Kier molecular flexibility index (Phi) is 5.93. The van der Waals surface area contributed by atoms with Crippen LogP contribution in [0.2, 0.25) is 0 Å². The van der Waals surface area contributed by atoms with E-state index in [0.29, 0.717) is 16.9 Å². The van der Waals surface area contributed by atoms with Crippen LogP contribution in [0.1, 0.15) is 43.0 Å². The second-order valence-electron chi connectivity index (χ2n) is 12.2. The van der Waals surface area contributed by atoms with Gasteiger partial charge in [0.15, 0.2) is 0 Å². The van der Waals surface area contributed by atoms with Crippen molar-refractivity contribution >= 4 is 41.0 Å². The average Bonchev–Trinajstić information content (AvgIpc) is 3.33. The second kappa shape index (κ2) is 8.96. The highest BCUT2D eigenvalue weighted by molar-refractivity contribution is 6.28. The first-order valence-corrected chi connectivity index (χ1v) is 14.1. The molecule has 1 saturated carbocycles. The Balaban J connectivity index is 1.57. The second-order valence-corrected chi connectivity index (χ2v) is 12.2. The van der Waals surface area contributed by atoms with E-state index in [0.717, 1.165) is 22.3 Å². The van der Waals surface area contributed by atoms with Gasteiger partial charge in [-0.15, -0.1) is 0 Å². The molecule has 0 unspecified atom stereocenters. The molecule has 2 aliphatic heterocycles. The van der Waals surface area contributed by atoms with Gasteiger partial charge in [0.1, 0.15) is 0 Å². The van der Waals surface area contributed by atoms with E-state index in [4.69, 9.17) is 4.74 Å². The summed E-state index contributed by atoms with van der Waals surface area (Å²) in [5, 5.41) is 0. The molecule has 3 fully saturated rings. The summed E-state index contributed by atoms with van der Waals surface area (Å²) in [6.07, 6.45) is 0. The molecule has 2 heterocycles. The summed E-state index contributed by atoms with van der Waals surface area (Å²) < 4.78 is 5.47. The number of aryl methyl sites for hydroxylation is 4. The van der Waals surface area contributed by atoms with Crippen LogP contribution in [0.4, 0.5) is 11.4 Å². The van der Waals surface area contributed by atoms with Crippen LogP contribution >= 0.6 is 0 Å². The maximum atomic E-state index is 14.4. The summed E-state index contributed by atoms with van der Waals surface area (Å²) in [5.41, 5.74) is 3.68. The number of hydrogen-bond donors (Lipinski definition) is 0. The zero-order valence-corrected chi connectivity index (χ0v) is 24.4. The van der Waals surface area contributed by atoms with Crippen LogP contribution in [0.3, 0.4) is 0 Å². The number of nitrogens with zero attached hydrogens (tertiary/aromatic N) is 2. The van der Waals surface area contributed by atoms with Gasteiger partial charge in [0.2, 0.25) is 23.6 Å². The molecule has 2 aromatic rings. The predicted molar refractivity (Wildman–Crippen MR) is 152 cm³/mol. The van der Waals surface area contributed by atoms with Crippen molar-refractivity contribution in [3.8, 4) is 0 Å². The zero-order chi connectivity index (χ0) is 29.7. The number of hydrogen-bond acceptors (Lipinski definition) is 6. The van der Waals surface area contributed by atoms with Crippen LogP contribution < -0.4 is 9.80 Å². The smallest absolute Gasteiger partial charge is 0.334 e. The fraction of sp³-hybridized carbons (Fsp3) is 0.424. The molecule has 2 bridgehead atoms. The minimum Gasteiger partial charge on any atom is -0.463 e. The molecule has 212 valence electrons. The minimum absolute atomic E-state index is 0.113. The first kappa shape index (κ1) is 27.1. The summed E-state index contributed by atoms with van der Waals surface area (Å²) in [7, 11) is 0. The first-order valence-electron chi connectivity index (χ1n) is 14.1. The number of anilines is 2. The number of imide groups is 2. The number of esters is 1. The average molecular weight is 555 g/mol. The standard InChI is InChI=1S/C33H34N2O6/c1-8-41-32(40)25-19(6)22-23-26(30(38)34(28(23)36)20-13-15(2)9-11-17(20)4)33(25,7)27-24(22)29(37)35(31(27)39)21-14-16(3)10-12-18(21)5/h9-14,22-24,26-27H,8H2,1-7H3/t22?,23-,24-,26+,27+,33?/m0/s1. The lowest BCUT2D eigenvalue weighted by Crippen LogP contribution is -2.61. The molecule has 7 rings (SSSR count). The maximum Gasteiger partial charge on any atom is 0.334 e. The molecule has 0 spiro atoms. The number of benzene rings is 2. The molecule has 4 amide bonds. The first-order chi connectivity index (χ1) is 19.4. The maximum absolute atomic E-state index is 14.4. The molecule has 41 heavy (non-hydrogen) atoms. The summed E-state index contributed by atoms with van der Waals surface area (Å²) in [6, 6.07) is 11.2. The molecule has 2 saturated heterocycles. The third-order valence-electron chi connectivity index (χ3n) is 9.89. The Morgan fingerprint density at radius 2 is 1.17 bits per heavy atom. The highest BCUT2D eigenvalue weighted by Gasteiger charge is 2.77. The third kappa shape index (κ3) is 3.36. The molecule has 0 N–H and O–H groups in total. The van der Waals surface area contributed by atoms with E-state index in [-0.39, 0.29) is 12.2 Å². The number of allylic oxidation sites excluding steroid dienone is 1. The van der Waals surface area contributed by atoms with Crippen LogP contribution in [0.25, 0.3) is 0 Å². The van der Waals surface area contributed by atoms with Crippen LogP contribution in [-0.2, 0) is 28.7 Å². The lowest BCUT2D eigenvalue weighted by molar-refractivity contribution is -0.155. The fourth-order valence-corrected chi connectivity index (χ4v) is 8.20. The Morgan fingerprint density at radius 1 is 0.732 bits per heavy atom. The van der Waals surface area contributed by atoms with Crippen molar-refractivity contribution in [1.82, 2.24) is 0 Å². The van der Waals surface area contributed by atoms with E-state index in [2.05, 4.69) is 0 Å². The number of ether oxygens (including phenoxy) is 1. The topological polar surface area (TPSA) is 101 Å². The van der Waals surface area contributed by atoms with E-state index >= 15 is 0 Å². The molecular weight excluding hydrogens is 520 g/mol. The zero-order valence-electron chi connectivity index (χ0n) is 24.4. The van der Waals surface area contributed by atoms with Gasteiger partial charge in [0, 0.05) is 16.9 Å². The van der Waals surface area contributed by atoms with Crippen molar-refractivity contribution in [2.24, 2.45) is 35.0 Å². The molecular formula is C33H34N2O6.